The van der Waals surface area contributed by atoms with Crippen LogP contribution >= 0.6 is 0 Å². The maximum atomic E-state index is 6.33. The summed E-state index contributed by atoms with van der Waals surface area (Å²) in [5.74, 6) is 1.54. The van der Waals surface area contributed by atoms with Crippen molar-refractivity contribution in [2.24, 2.45) is 10.8 Å². The number of ether oxygens (including phenoxy) is 2. The van der Waals surface area contributed by atoms with Crippen molar-refractivity contribution >= 4 is 0 Å². The Morgan fingerprint density at radius 3 is 1.61 bits per heavy atom. The standard InChI is InChI=1S/C25H42O2.3C2H6/c1-8-19(17-24(2,3)4)20-13-15-22(16-14-20)27-23(18-25(5,6)7)26-21-11-9-10-12-21;3*1-2/h13-16,19,21,23H,8-12,17-18H2,1-7H3;3*1-2H3. The fraction of sp³-hybridized carbons (Fsp3) is 0.806. The maximum Gasteiger partial charge on any atom is 0.200 e. The van der Waals surface area contributed by atoms with Crippen LogP contribution in [0.4, 0.5) is 0 Å². The third-order valence-electron chi connectivity index (χ3n) is 5.40. The van der Waals surface area contributed by atoms with Crippen LogP contribution in [0.15, 0.2) is 24.3 Å². The minimum atomic E-state index is -0.157. The van der Waals surface area contributed by atoms with Gasteiger partial charge in [0.05, 0.1) is 6.10 Å². The summed E-state index contributed by atoms with van der Waals surface area (Å²) in [6.07, 6.45) is 8.43. The van der Waals surface area contributed by atoms with Crippen LogP contribution in [0.2, 0.25) is 0 Å². The van der Waals surface area contributed by atoms with E-state index in [0.717, 1.165) is 12.2 Å². The number of hydrogen-bond acceptors (Lipinski definition) is 2. The molecule has 1 saturated carbocycles. The Hall–Kier alpha value is -1.02. The first-order valence-electron chi connectivity index (χ1n) is 14.0. The van der Waals surface area contributed by atoms with Crippen LogP contribution in [-0.4, -0.2) is 12.4 Å². The van der Waals surface area contributed by atoms with Crippen LogP contribution < -0.4 is 4.74 Å². The molecule has 0 spiro atoms. The van der Waals surface area contributed by atoms with E-state index in [1.807, 2.05) is 41.5 Å². The van der Waals surface area contributed by atoms with E-state index >= 15 is 0 Å². The molecule has 2 unspecified atom stereocenters. The van der Waals surface area contributed by atoms with Gasteiger partial charge in [0.2, 0.25) is 6.29 Å². The van der Waals surface area contributed by atoms with Crippen molar-refractivity contribution in [3.63, 3.8) is 0 Å². The van der Waals surface area contributed by atoms with Crippen molar-refractivity contribution in [1.82, 2.24) is 0 Å². The monoisotopic (exact) mass is 464 g/mol. The Kier molecular flexibility index (Phi) is 19.0. The molecule has 1 aliphatic rings. The topological polar surface area (TPSA) is 18.5 Å². The second-order valence-electron chi connectivity index (χ2n) is 10.8. The van der Waals surface area contributed by atoms with E-state index < -0.39 is 0 Å². The first-order chi connectivity index (χ1) is 15.6. The van der Waals surface area contributed by atoms with Crippen molar-refractivity contribution in [2.45, 2.75) is 153 Å². The van der Waals surface area contributed by atoms with Gasteiger partial charge in [-0.3, -0.25) is 0 Å². The lowest BCUT2D eigenvalue weighted by atomic mass is 9.80. The van der Waals surface area contributed by atoms with Gasteiger partial charge in [-0.2, -0.15) is 0 Å². The van der Waals surface area contributed by atoms with Crippen molar-refractivity contribution in [1.29, 1.82) is 0 Å². The third kappa shape index (κ3) is 16.3. The molecule has 0 aromatic heterocycles. The second-order valence-corrected chi connectivity index (χ2v) is 10.8. The molecule has 0 amide bonds. The second kappa shape index (κ2) is 18.3. The molecule has 1 aliphatic carbocycles. The zero-order valence-corrected chi connectivity index (χ0v) is 24.8. The Bertz CT molecular complexity index is 542. The quantitative estimate of drug-likeness (QED) is 0.356. The Morgan fingerprint density at radius 1 is 0.758 bits per heavy atom. The highest BCUT2D eigenvalue weighted by Gasteiger charge is 2.26. The number of hydrogen-bond donors (Lipinski definition) is 0. The SMILES string of the molecule is CC.CC.CC.CCC(CC(C)(C)C)c1ccc(OC(CC(C)(C)C)OC2CCCC2)cc1. The van der Waals surface area contributed by atoms with Gasteiger partial charge in [0.15, 0.2) is 0 Å². The predicted molar refractivity (Wildman–Crippen MR) is 149 cm³/mol. The molecule has 2 heteroatoms. The lowest BCUT2D eigenvalue weighted by Crippen LogP contribution is -2.30. The largest absolute Gasteiger partial charge is 0.465 e. The molecule has 0 N–H and O–H groups in total. The summed E-state index contributed by atoms with van der Waals surface area (Å²) in [6.45, 7) is 28.0. The van der Waals surface area contributed by atoms with Crippen LogP contribution in [0.25, 0.3) is 0 Å². The van der Waals surface area contributed by atoms with Crippen LogP contribution in [0.3, 0.4) is 0 Å². The van der Waals surface area contributed by atoms with E-state index in [4.69, 9.17) is 9.47 Å². The van der Waals surface area contributed by atoms with Crippen molar-refractivity contribution in [3.8, 4) is 5.75 Å². The summed E-state index contributed by atoms with van der Waals surface area (Å²) in [4.78, 5) is 0. The molecule has 1 fully saturated rings. The lowest BCUT2D eigenvalue weighted by molar-refractivity contribution is -0.132. The zero-order chi connectivity index (χ0) is 26.1. The first-order valence-corrected chi connectivity index (χ1v) is 14.0. The molecule has 2 nitrogen and oxygen atoms in total. The highest BCUT2D eigenvalue weighted by Crippen LogP contribution is 2.35. The summed E-state index contributed by atoms with van der Waals surface area (Å²) in [6, 6.07) is 8.76. The third-order valence-corrected chi connectivity index (χ3v) is 5.40. The van der Waals surface area contributed by atoms with E-state index in [9.17, 15) is 0 Å². The van der Waals surface area contributed by atoms with Gasteiger partial charge in [0.25, 0.3) is 0 Å². The molecule has 0 saturated heterocycles. The Balaban J connectivity index is 0. The minimum absolute atomic E-state index is 0.157. The van der Waals surface area contributed by atoms with Crippen molar-refractivity contribution in [2.75, 3.05) is 0 Å². The van der Waals surface area contributed by atoms with Gasteiger partial charge in [-0.1, -0.05) is 115 Å². The van der Waals surface area contributed by atoms with Gasteiger partial charge in [0, 0.05) is 6.42 Å². The zero-order valence-electron chi connectivity index (χ0n) is 24.8. The summed E-state index contributed by atoms with van der Waals surface area (Å²) < 4.78 is 12.6. The average molecular weight is 465 g/mol. The van der Waals surface area contributed by atoms with Gasteiger partial charge < -0.3 is 9.47 Å². The molecule has 2 rings (SSSR count). The van der Waals surface area contributed by atoms with E-state index in [-0.39, 0.29) is 11.7 Å². The molecular formula is C31H60O2. The van der Waals surface area contributed by atoms with Crippen LogP contribution in [-0.2, 0) is 4.74 Å². The van der Waals surface area contributed by atoms with Crippen molar-refractivity contribution in [3.05, 3.63) is 29.8 Å². The van der Waals surface area contributed by atoms with E-state index in [1.165, 1.54) is 44.1 Å². The van der Waals surface area contributed by atoms with E-state index in [0.29, 0.717) is 17.4 Å². The first kappa shape index (κ1) is 34.1. The Labute approximate surface area is 209 Å². The average Bonchev–Trinajstić information content (AvgIpc) is 3.28. The summed E-state index contributed by atoms with van der Waals surface area (Å²) in [5, 5.41) is 0. The van der Waals surface area contributed by atoms with Crippen LogP contribution in [0.5, 0.6) is 5.75 Å². The predicted octanol–water partition coefficient (Wildman–Crippen LogP) is 10.8. The summed E-state index contributed by atoms with van der Waals surface area (Å²) >= 11 is 0. The van der Waals surface area contributed by atoms with Gasteiger partial charge in [-0.05, 0) is 60.1 Å². The summed E-state index contributed by atoms with van der Waals surface area (Å²) in [7, 11) is 0. The highest BCUT2D eigenvalue weighted by atomic mass is 16.7. The molecule has 1 aromatic rings. The molecule has 2 atom stereocenters. The van der Waals surface area contributed by atoms with Gasteiger partial charge in [-0.15, -0.1) is 0 Å². The molecule has 0 heterocycles. The van der Waals surface area contributed by atoms with Crippen molar-refractivity contribution < 1.29 is 9.47 Å². The minimum Gasteiger partial charge on any atom is -0.465 e. The highest BCUT2D eigenvalue weighted by molar-refractivity contribution is 5.29. The molecule has 0 aliphatic heterocycles. The van der Waals surface area contributed by atoms with Gasteiger partial charge in [-0.25, -0.2) is 0 Å². The number of rotatable bonds is 8. The molecule has 0 bridgehead atoms. The molecule has 196 valence electrons. The van der Waals surface area contributed by atoms with Gasteiger partial charge >= 0.3 is 0 Å². The fourth-order valence-corrected chi connectivity index (χ4v) is 4.06. The molecule has 33 heavy (non-hydrogen) atoms. The normalized spacial score (nSPS) is 15.7. The smallest absolute Gasteiger partial charge is 0.200 e. The van der Waals surface area contributed by atoms with E-state index in [1.54, 1.807) is 0 Å². The van der Waals surface area contributed by atoms with Crippen LogP contribution in [0, 0.1) is 10.8 Å². The number of benzene rings is 1. The van der Waals surface area contributed by atoms with Crippen LogP contribution in [0.1, 0.15) is 146 Å². The van der Waals surface area contributed by atoms with Gasteiger partial charge in [0.1, 0.15) is 5.75 Å². The van der Waals surface area contributed by atoms with E-state index in [2.05, 4.69) is 72.7 Å². The Morgan fingerprint density at radius 2 is 1.21 bits per heavy atom. The lowest BCUT2D eigenvalue weighted by Gasteiger charge is -2.29. The fourth-order valence-electron chi connectivity index (χ4n) is 4.06. The maximum absolute atomic E-state index is 6.33. The summed E-state index contributed by atoms with van der Waals surface area (Å²) in [5.41, 5.74) is 1.95. The molecule has 0 radical (unpaired) electrons. The molecule has 1 aromatic carbocycles. The molecular weight excluding hydrogens is 404 g/mol.